The number of hydrogen-bond acceptors (Lipinski definition) is 5. The van der Waals surface area contributed by atoms with Crippen molar-refractivity contribution in [2.75, 3.05) is 6.54 Å². The molecule has 6 heteroatoms. The van der Waals surface area contributed by atoms with E-state index in [0.717, 1.165) is 25.7 Å². The highest BCUT2D eigenvalue weighted by Crippen LogP contribution is 2.24. The molecule has 1 heterocycles. The number of nitrogens with zero attached hydrogens (tertiary/aromatic N) is 2. The van der Waals surface area contributed by atoms with E-state index in [2.05, 4.69) is 15.5 Å². The summed E-state index contributed by atoms with van der Waals surface area (Å²) < 4.78 is 5.14. The van der Waals surface area contributed by atoms with E-state index in [1.54, 1.807) is 18.2 Å². The summed E-state index contributed by atoms with van der Waals surface area (Å²) in [6, 6.07) is 7.06. The van der Waals surface area contributed by atoms with Crippen LogP contribution in [0.1, 0.15) is 36.0 Å². The fourth-order valence-corrected chi connectivity index (χ4v) is 2.84. The molecule has 1 aromatic heterocycles. The van der Waals surface area contributed by atoms with Crippen LogP contribution in [0.2, 0.25) is 0 Å². The van der Waals surface area contributed by atoms with Crippen molar-refractivity contribution in [3.8, 4) is 11.5 Å². The van der Waals surface area contributed by atoms with E-state index in [1.165, 1.54) is 6.39 Å². The molecule has 0 radical (unpaired) electrons. The third-order valence-corrected chi connectivity index (χ3v) is 4.13. The first-order chi connectivity index (χ1) is 10.7. The Morgan fingerprint density at radius 3 is 3.00 bits per heavy atom. The molecular formula is C16H19N3O3. The molecule has 1 aliphatic carbocycles. The molecule has 2 aromatic rings. The Labute approximate surface area is 128 Å². The molecule has 22 heavy (non-hydrogen) atoms. The maximum absolute atomic E-state index is 12.3. The third kappa shape index (κ3) is 3.33. The Bertz CT molecular complexity index is 627. The van der Waals surface area contributed by atoms with E-state index in [9.17, 15) is 9.90 Å². The van der Waals surface area contributed by atoms with E-state index in [0.29, 0.717) is 23.6 Å². The summed E-state index contributed by atoms with van der Waals surface area (Å²) >= 11 is 0. The molecule has 0 spiro atoms. The van der Waals surface area contributed by atoms with Crippen LogP contribution in [0.15, 0.2) is 35.1 Å². The lowest BCUT2D eigenvalue weighted by Crippen LogP contribution is -2.36. The summed E-state index contributed by atoms with van der Waals surface area (Å²) in [5.41, 5.74) is 1.25. The fourth-order valence-electron chi connectivity index (χ4n) is 2.84. The third-order valence-electron chi connectivity index (χ3n) is 4.13. The molecule has 0 bridgehead atoms. The number of amides is 1. The van der Waals surface area contributed by atoms with Gasteiger partial charge in [0.2, 0.25) is 12.3 Å². The Kier molecular flexibility index (Phi) is 4.48. The van der Waals surface area contributed by atoms with Crippen molar-refractivity contribution in [1.82, 2.24) is 15.5 Å². The van der Waals surface area contributed by atoms with Crippen molar-refractivity contribution in [1.29, 1.82) is 0 Å². The normalized spacial score (nSPS) is 21.5. The molecule has 1 fully saturated rings. The molecule has 6 nitrogen and oxygen atoms in total. The van der Waals surface area contributed by atoms with Crippen LogP contribution in [0.25, 0.3) is 11.5 Å². The second kappa shape index (κ2) is 6.70. The molecule has 1 saturated carbocycles. The molecule has 2 N–H and O–H groups in total. The van der Waals surface area contributed by atoms with Crippen molar-refractivity contribution < 1.29 is 14.3 Å². The predicted molar refractivity (Wildman–Crippen MR) is 80.0 cm³/mol. The van der Waals surface area contributed by atoms with Crippen LogP contribution < -0.4 is 5.32 Å². The number of aliphatic hydroxyl groups is 1. The standard InChI is InChI=1S/C16H19N3O3/c20-14-7-2-1-4-13(14)9-17-15(21)11-5-3-6-12(8-11)16-19-18-10-22-16/h3,5-6,8,10,13-14,20H,1-2,4,7,9H2,(H,17,21)/t13-,14+/m1/s1. The van der Waals surface area contributed by atoms with E-state index in [4.69, 9.17) is 4.42 Å². The SMILES string of the molecule is O=C(NC[C@H]1CCCC[C@@H]1O)c1cccc(-c2nnco2)c1. The van der Waals surface area contributed by atoms with Crippen LogP contribution in [0.5, 0.6) is 0 Å². The van der Waals surface area contributed by atoms with Gasteiger partial charge < -0.3 is 14.8 Å². The second-order valence-corrected chi connectivity index (χ2v) is 5.65. The molecule has 116 valence electrons. The van der Waals surface area contributed by atoms with Gasteiger partial charge in [-0.2, -0.15) is 0 Å². The summed E-state index contributed by atoms with van der Waals surface area (Å²) in [6.07, 6.45) is 4.92. The van der Waals surface area contributed by atoms with E-state index in [1.807, 2.05) is 6.07 Å². The number of carbonyl (C=O) groups is 1. The largest absolute Gasteiger partial charge is 0.423 e. The molecule has 1 aliphatic rings. The summed E-state index contributed by atoms with van der Waals surface area (Å²) in [6.45, 7) is 0.505. The lowest BCUT2D eigenvalue weighted by Gasteiger charge is -2.27. The lowest BCUT2D eigenvalue weighted by atomic mass is 9.86. The zero-order chi connectivity index (χ0) is 15.4. The number of hydrogen-bond donors (Lipinski definition) is 2. The van der Waals surface area contributed by atoms with Gasteiger partial charge in [-0.05, 0) is 31.0 Å². The van der Waals surface area contributed by atoms with Gasteiger partial charge in [0, 0.05) is 23.6 Å². The Morgan fingerprint density at radius 2 is 2.23 bits per heavy atom. The summed E-state index contributed by atoms with van der Waals surface area (Å²) in [7, 11) is 0. The van der Waals surface area contributed by atoms with Crippen LogP contribution in [-0.2, 0) is 0 Å². The van der Waals surface area contributed by atoms with Crippen molar-refractivity contribution in [2.45, 2.75) is 31.8 Å². The van der Waals surface area contributed by atoms with Gasteiger partial charge in [0.25, 0.3) is 5.91 Å². The predicted octanol–water partition coefficient (Wildman–Crippen LogP) is 2.02. The Hall–Kier alpha value is -2.21. The van der Waals surface area contributed by atoms with Gasteiger partial charge in [-0.3, -0.25) is 4.79 Å². The topological polar surface area (TPSA) is 88.2 Å². The minimum Gasteiger partial charge on any atom is -0.423 e. The Balaban J connectivity index is 1.64. The number of rotatable bonds is 4. The quantitative estimate of drug-likeness (QED) is 0.902. The Morgan fingerprint density at radius 1 is 1.36 bits per heavy atom. The minimum atomic E-state index is -0.307. The molecule has 0 saturated heterocycles. The number of benzene rings is 1. The molecule has 2 atom stereocenters. The monoisotopic (exact) mass is 301 g/mol. The van der Waals surface area contributed by atoms with E-state index < -0.39 is 0 Å². The van der Waals surface area contributed by atoms with Crippen molar-refractivity contribution in [3.63, 3.8) is 0 Å². The molecule has 1 aromatic carbocycles. The first-order valence-corrected chi connectivity index (χ1v) is 7.57. The summed E-state index contributed by atoms with van der Waals surface area (Å²) in [4.78, 5) is 12.3. The van der Waals surface area contributed by atoms with Crippen LogP contribution in [0, 0.1) is 5.92 Å². The highest BCUT2D eigenvalue weighted by Gasteiger charge is 2.23. The number of aromatic nitrogens is 2. The first kappa shape index (κ1) is 14.7. The number of nitrogens with one attached hydrogen (secondary N) is 1. The molecule has 3 rings (SSSR count). The maximum atomic E-state index is 12.3. The summed E-state index contributed by atoms with van der Waals surface area (Å²) in [5.74, 6) is 0.383. The van der Waals surface area contributed by atoms with Gasteiger partial charge in [-0.1, -0.05) is 18.9 Å². The first-order valence-electron chi connectivity index (χ1n) is 7.57. The van der Waals surface area contributed by atoms with Crippen LogP contribution in [0.3, 0.4) is 0 Å². The highest BCUT2D eigenvalue weighted by atomic mass is 16.4. The van der Waals surface area contributed by atoms with Gasteiger partial charge >= 0.3 is 0 Å². The lowest BCUT2D eigenvalue weighted by molar-refractivity contribution is 0.0663. The van der Waals surface area contributed by atoms with E-state index in [-0.39, 0.29) is 17.9 Å². The van der Waals surface area contributed by atoms with Gasteiger partial charge in [-0.15, -0.1) is 10.2 Å². The molecule has 1 amide bonds. The van der Waals surface area contributed by atoms with Crippen molar-refractivity contribution in [2.24, 2.45) is 5.92 Å². The van der Waals surface area contributed by atoms with Crippen molar-refractivity contribution >= 4 is 5.91 Å². The van der Waals surface area contributed by atoms with Gasteiger partial charge in [0.05, 0.1) is 6.10 Å². The van der Waals surface area contributed by atoms with Crippen molar-refractivity contribution in [3.05, 3.63) is 36.2 Å². The highest BCUT2D eigenvalue weighted by molar-refractivity contribution is 5.95. The zero-order valence-electron chi connectivity index (χ0n) is 12.2. The fraction of sp³-hybridized carbons (Fsp3) is 0.438. The summed E-state index contributed by atoms with van der Waals surface area (Å²) in [5, 5.41) is 20.3. The smallest absolute Gasteiger partial charge is 0.251 e. The number of carbonyl (C=O) groups excluding carboxylic acids is 1. The molecule has 0 unspecified atom stereocenters. The average Bonchev–Trinajstić information content (AvgIpc) is 3.08. The number of aliphatic hydroxyl groups excluding tert-OH is 1. The van der Waals surface area contributed by atoms with Crippen LogP contribution in [-0.4, -0.2) is 33.9 Å². The second-order valence-electron chi connectivity index (χ2n) is 5.65. The maximum Gasteiger partial charge on any atom is 0.251 e. The van der Waals surface area contributed by atoms with E-state index >= 15 is 0 Å². The van der Waals surface area contributed by atoms with Gasteiger partial charge in [-0.25, -0.2) is 0 Å². The zero-order valence-corrected chi connectivity index (χ0v) is 12.2. The molecular weight excluding hydrogens is 282 g/mol. The van der Waals surface area contributed by atoms with Crippen LogP contribution in [0.4, 0.5) is 0 Å². The molecule has 0 aliphatic heterocycles. The minimum absolute atomic E-state index is 0.150. The average molecular weight is 301 g/mol. The van der Waals surface area contributed by atoms with Gasteiger partial charge in [0.1, 0.15) is 0 Å². The van der Waals surface area contributed by atoms with Crippen LogP contribution >= 0.6 is 0 Å². The van der Waals surface area contributed by atoms with Gasteiger partial charge in [0.15, 0.2) is 0 Å².